The first kappa shape index (κ1) is 21.2. The second kappa shape index (κ2) is 10.3. The molecule has 3 rings (SSSR count). The van der Waals surface area contributed by atoms with Gasteiger partial charge in [-0.2, -0.15) is 0 Å². The van der Waals surface area contributed by atoms with Gasteiger partial charge in [0.1, 0.15) is 12.3 Å². The molecule has 0 aromatic heterocycles. The topological polar surface area (TPSA) is 70.9 Å². The van der Waals surface area contributed by atoms with Gasteiger partial charge in [-0.05, 0) is 18.9 Å². The first-order valence-corrected chi connectivity index (χ1v) is 8.99. The van der Waals surface area contributed by atoms with E-state index in [2.05, 4.69) is 10.5 Å². The van der Waals surface area contributed by atoms with Gasteiger partial charge >= 0.3 is 5.97 Å². The number of halogens is 2. The van der Waals surface area contributed by atoms with Crippen LogP contribution in [0, 0.1) is 5.92 Å². The Labute approximate surface area is 169 Å². The van der Waals surface area contributed by atoms with E-state index in [4.69, 9.17) is 21.5 Å². The number of carbonyl (C=O) groups is 1. The van der Waals surface area contributed by atoms with E-state index in [0.29, 0.717) is 30.3 Å². The van der Waals surface area contributed by atoms with Crippen molar-refractivity contribution in [3.05, 3.63) is 70.7 Å². The highest BCUT2D eigenvalue weighted by atomic mass is 35.5. The summed E-state index contributed by atoms with van der Waals surface area (Å²) in [7, 11) is 0. The Morgan fingerprint density at radius 1 is 1.15 bits per heavy atom. The maximum absolute atomic E-state index is 11.0. The first-order chi connectivity index (χ1) is 12.6. The van der Waals surface area contributed by atoms with Crippen LogP contribution in [0.5, 0.6) is 0 Å². The van der Waals surface area contributed by atoms with E-state index in [1.54, 1.807) is 0 Å². The van der Waals surface area contributed by atoms with Crippen molar-refractivity contribution in [3.8, 4) is 0 Å². The second-order valence-corrected chi connectivity index (χ2v) is 6.71. The molecule has 2 aromatic carbocycles. The normalized spacial score (nSPS) is 19.8. The van der Waals surface area contributed by atoms with Crippen LogP contribution >= 0.6 is 24.0 Å². The Balaban J connectivity index is 0.00000261. The summed E-state index contributed by atoms with van der Waals surface area (Å²) in [6, 6.07) is 17.4. The molecule has 1 aliphatic rings. The molecule has 7 heteroatoms. The van der Waals surface area contributed by atoms with Crippen LogP contribution in [0.3, 0.4) is 0 Å². The number of hydrogen-bond acceptors (Lipinski definition) is 4. The van der Waals surface area contributed by atoms with E-state index >= 15 is 0 Å². The van der Waals surface area contributed by atoms with E-state index in [-0.39, 0.29) is 24.4 Å². The number of benzene rings is 2. The van der Waals surface area contributed by atoms with Crippen molar-refractivity contribution in [2.45, 2.75) is 18.9 Å². The van der Waals surface area contributed by atoms with Gasteiger partial charge in [0.25, 0.3) is 0 Å². The Kier molecular flexibility index (Phi) is 8.10. The molecule has 0 unspecified atom stereocenters. The maximum atomic E-state index is 11.0. The standard InChI is InChI=1S/C20H21ClN2O3.ClH/c21-18-9-5-4-8-17(18)19(14-6-2-1-3-7-14)23-26-13-16-11-10-15(12-22-16)20(24)25;/h1-9,15-16,22H,10-13H2,(H,24,25);1H/b23-19-;/t15-,16-;/m1./s1. The third-order valence-corrected chi connectivity index (χ3v) is 4.80. The average molecular weight is 409 g/mol. The lowest BCUT2D eigenvalue weighted by atomic mass is 9.95. The van der Waals surface area contributed by atoms with Crippen LogP contribution in [0.2, 0.25) is 5.02 Å². The number of oxime groups is 1. The lowest BCUT2D eigenvalue weighted by Gasteiger charge is -2.26. The van der Waals surface area contributed by atoms with Gasteiger partial charge in [0.05, 0.1) is 10.9 Å². The molecule has 0 saturated carbocycles. The van der Waals surface area contributed by atoms with E-state index in [9.17, 15) is 4.79 Å². The number of carboxylic acids is 1. The molecular formula is C20H22Cl2N2O3. The second-order valence-electron chi connectivity index (χ2n) is 6.30. The van der Waals surface area contributed by atoms with Gasteiger partial charge in [-0.3, -0.25) is 4.79 Å². The molecular weight excluding hydrogens is 387 g/mol. The molecule has 27 heavy (non-hydrogen) atoms. The highest BCUT2D eigenvalue weighted by Gasteiger charge is 2.25. The van der Waals surface area contributed by atoms with Crippen molar-refractivity contribution < 1.29 is 14.7 Å². The Morgan fingerprint density at radius 3 is 2.48 bits per heavy atom. The minimum atomic E-state index is -0.750. The van der Waals surface area contributed by atoms with Gasteiger partial charge in [-0.1, -0.05) is 65.3 Å². The van der Waals surface area contributed by atoms with Crippen LogP contribution in [0.4, 0.5) is 0 Å². The zero-order valence-corrected chi connectivity index (χ0v) is 16.2. The van der Waals surface area contributed by atoms with Crippen molar-refractivity contribution in [2.75, 3.05) is 13.2 Å². The van der Waals surface area contributed by atoms with Gasteiger partial charge in [-0.15, -0.1) is 12.4 Å². The molecule has 144 valence electrons. The van der Waals surface area contributed by atoms with Crippen LogP contribution < -0.4 is 5.32 Å². The number of nitrogens with zero attached hydrogens (tertiary/aromatic N) is 1. The van der Waals surface area contributed by atoms with Crippen molar-refractivity contribution >= 4 is 35.7 Å². The summed E-state index contributed by atoms with van der Waals surface area (Å²) >= 11 is 6.34. The fourth-order valence-corrected chi connectivity index (χ4v) is 3.19. The maximum Gasteiger partial charge on any atom is 0.307 e. The molecule has 1 heterocycles. The number of rotatable bonds is 6. The van der Waals surface area contributed by atoms with Gasteiger partial charge in [0.2, 0.25) is 0 Å². The molecule has 1 aliphatic heterocycles. The van der Waals surface area contributed by atoms with Crippen molar-refractivity contribution in [1.82, 2.24) is 5.32 Å². The molecule has 0 radical (unpaired) electrons. The van der Waals surface area contributed by atoms with Crippen molar-refractivity contribution in [3.63, 3.8) is 0 Å². The van der Waals surface area contributed by atoms with E-state index in [1.165, 1.54) is 0 Å². The molecule has 2 N–H and O–H groups in total. The lowest BCUT2D eigenvalue weighted by Crippen LogP contribution is -2.43. The van der Waals surface area contributed by atoms with Crippen LogP contribution in [0.15, 0.2) is 59.8 Å². The number of aliphatic carboxylic acids is 1. The first-order valence-electron chi connectivity index (χ1n) is 8.61. The molecule has 2 atom stereocenters. The summed E-state index contributed by atoms with van der Waals surface area (Å²) < 4.78 is 0. The zero-order chi connectivity index (χ0) is 18.4. The third-order valence-electron chi connectivity index (χ3n) is 4.47. The number of piperidine rings is 1. The van der Waals surface area contributed by atoms with Crippen LogP contribution in [0.1, 0.15) is 24.0 Å². The Hall–Kier alpha value is -2.08. The van der Waals surface area contributed by atoms with Gasteiger partial charge in [0, 0.05) is 23.7 Å². The summed E-state index contributed by atoms with van der Waals surface area (Å²) in [4.78, 5) is 16.6. The number of carboxylic acid groups (broad SMARTS) is 1. The summed E-state index contributed by atoms with van der Waals surface area (Å²) in [6.07, 6.45) is 1.40. The highest BCUT2D eigenvalue weighted by molar-refractivity contribution is 6.35. The molecule has 5 nitrogen and oxygen atoms in total. The van der Waals surface area contributed by atoms with Crippen molar-refractivity contribution in [1.29, 1.82) is 0 Å². The predicted octanol–water partition coefficient (Wildman–Crippen LogP) is 3.98. The Morgan fingerprint density at radius 2 is 1.85 bits per heavy atom. The van der Waals surface area contributed by atoms with Crippen LogP contribution in [0.25, 0.3) is 0 Å². The monoisotopic (exact) mass is 408 g/mol. The molecule has 0 bridgehead atoms. The quantitative estimate of drug-likeness (QED) is 0.559. The largest absolute Gasteiger partial charge is 0.481 e. The SMILES string of the molecule is Cl.O=C(O)[C@@H]1CC[C@H](CO/N=C(/c2ccccc2)c2ccccc2Cl)NC1. The third kappa shape index (κ3) is 5.70. The fraction of sp³-hybridized carbons (Fsp3) is 0.300. The summed E-state index contributed by atoms with van der Waals surface area (Å²) in [5.41, 5.74) is 2.40. The highest BCUT2D eigenvalue weighted by Crippen LogP contribution is 2.20. The van der Waals surface area contributed by atoms with Crippen molar-refractivity contribution in [2.24, 2.45) is 11.1 Å². The fourth-order valence-electron chi connectivity index (χ4n) is 2.97. The molecule has 0 spiro atoms. The van der Waals surface area contributed by atoms with E-state index < -0.39 is 5.97 Å². The van der Waals surface area contributed by atoms with Gasteiger partial charge in [-0.25, -0.2) is 0 Å². The summed E-state index contributed by atoms with van der Waals surface area (Å²) in [5, 5.41) is 17.2. The number of nitrogens with one attached hydrogen (secondary N) is 1. The smallest absolute Gasteiger partial charge is 0.307 e. The summed E-state index contributed by atoms with van der Waals surface area (Å²) in [6.45, 7) is 0.844. The molecule has 0 aliphatic carbocycles. The molecule has 0 amide bonds. The number of hydrogen-bond donors (Lipinski definition) is 2. The van der Waals surface area contributed by atoms with Crippen LogP contribution in [-0.2, 0) is 9.63 Å². The lowest BCUT2D eigenvalue weighted by molar-refractivity contribution is -0.142. The van der Waals surface area contributed by atoms with Gasteiger partial charge < -0.3 is 15.3 Å². The van der Waals surface area contributed by atoms with Gasteiger partial charge in [0.15, 0.2) is 0 Å². The minimum absolute atomic E-state index is 0. The molecule has 1 saturated heterocycles. The van der Waals surface area contributed by atoms with Crippen LogP contribution in [-0.4, -0.2) is 36.0 Å². The average Bonchev–Trinajstić information content (AvgIpc) is 2.67. The molecule has 1 fully saturated rings. The summed E-state index contributed by atoms with van der Waals surface area (Å²) in [5.74, 6) is -1.07. The Bertz CT molecular complexity index is 776. The predicted molar refractivity (Wildman–Crippen MR) is 109 cm³/mol. The van der Waals surface area contributed by atoms with E-state index in [1.807, 2.05) is 54.6 Å². The zero-order valence-electron chi connectivity index (χ0n) is 14.7. The minimum Gasteiger partial charge on any atom is -0.481 e. The van der Waals surface area contributed by atoms with E-state index in [0.717, 1.165) is 17.5 Å². The molecule has 2 aromatic rings.